The van der Waals surface area contributed by atoms with Crippen LogP contribution in [-0.2, 0) is 43.3 Å². The molecule has 69 heavy (non-hydrogen) atoms. The summed E-state index contributed by atoms with van der Waals surface area (Å²) < 4.78 is 7.76. The summed E-state index contributed by atoms with van der Waals surface area (Å²) in [6.45, 7) is 41.4. The quantitative estimate of drug-likeness (QED) is 0.161. The van der Waals surface area contributed by atoms with E-state index in [0.29, 0.717) is 0 Å². The van der Waals surface area contributed by atoms with E-state index in [1.54, 1.807) is 5.56 Å². The van der Waals surface area contributed by atoms with Gasteiger partial charge in [-0.05, 0) is 217 Å². The lowest BCUT2D eigenvalue weighted by Gasteiger charge is -2.52. The van der Waals surface area contributed by atoms with E-state index >= 15 is 0 Å². The van der Waals surface area contributed by atoms with Crippen molar-refractivity contribution in [3.8, 4) is 0 Å². The van der Waals surface area contributed by atoms with E-state index in [1.165, 1.54) is 146 Å². The fraction of sp³-hybridized carbons (Fsp3) is 0.508. The predicted molar refractivity (Wildman–Crippen MR) is 296 cm³/mol. The van der Waals surface area contributed by atoms with Crippen LogP contribution in [-0.4, -0.2) is 6.71 Å². The average Bonchev–Trinajstić information content (AvgIpc) is 3.64. The molecule has 2 aliphatic heterocycles. The van der Waals surface area contributed by atoms with E-state index < -0.39 is 0 Å². The van der Waals surface area contributed by atoms with E-state index in [1.807, 2.05) is 0 Å². The smallest absolute Gasteiger partial charge is 0.297 e. The summed E-state index contributed by atoms with van der Waals surface area (Å²) in [7, 11) is 0. The Balaban J connectivity index is 1.23. The monoisotopic (exact) mass is 915 g/mol. The van der Waals surface area contributed by atoms with Gasteiger partial charge in [0.25, 0.3) is 6.71 Å². The first-order valence-electron chi connectivity index (χ1n) is 26.9. The van der Waals surface area contributed by atoms with Crippen LogP contribution in [0.4, 0.5) is 34.1 Å². The van der Waals surface area contributed by atoms with Gasteiger partial charge in [-0.15, -0.1) is 0 Å². The maximum atomic E-state index is 7.76. The minimum Gasteiger partial charge on any atom is -0.468 e. The number of hydrogen-bond donors (Lipinski definition) is 0. The van der Waals surface area contributed by atoms with Crippen molar-refractivity contribution in [1.82, 2.24) is 0 Å². The van der Waals surface area contributed by atoms with Gasteiger partial charge >= 0.3 is 0 Å². The van der Waals surface area contributed by atoms with E-state index in [4.69, 9.17) is 4.42 Å². The van der Waals surface area contributed by atoms with Crippen LogP contribution in [0.15, 0.2) is 77.2 Å². The second-order valence-electron chi connectivity index (χ2n) is 28.6. The van der Waals surface area contributed by atoms with Crippen LogP contribution in [0.2, 0.25) is 0 Å². The minimum atomic E-state index is -0.0903. The lowest BCUT2D eigenvalue weighted by Crippen LogP contribution is -2.61. The van der Waals surface area contributed by atoms with Gasteiger partial charge in [0, 0.05) is 33.8 Å². The SMILES string of the molecule is Cc1cc2c3c(c1)N(c1ccc4c(c1)C(C)(C)CCC4(C)C)c1c(oc4cc5c(cc14)C1(C)CCC5(C)CC1)B3c1cc3c(cc1N2c1cc(C(C)(C)C)cc(C(C)(C)C)c1)C(C)(C)CCC3(C)C. The fourth-order valence-corrected chi connectivity index (χ4v) is 14.5. The number of aryl methyl sites for hydroxylation is 1. The number of benzene rings is 5. The highest BCUT2D eigenvalue weighted by atomic mass is 16.3. The third-order valence-corrected chi connectivity index (χ3v) is 19.7. The minimum absolute atomic E-state index is 0.0351. The Morgan fingerprint density at radius 1 is 0.464 bits per heavy atom. The van der Waals surface area contributed by atoms with Crippen LogP contribution in [0.25, 0.3) is 11.0 Å². The Bertz CT molecular complexity index is 3170. The van der Waals surface area contributed by atoms with Crippen LogP contribution < -0.4 is 26.4 Å². The molecule has 0 spiro atoms. The molecule has 2 bridgehead atoms. The predicted octanol–water partition coefficient (Wildman–Crippen LogP) is 16.2. The van der Waals surface area contributed by atoms with Gasteiger partial charge in [-0.2, -0.15) is 0 Å². The molecule has 0 radical (unpaired) electrons. The third kappa shape index (κ3) is 6.43. The zero-order valence-corrected chi connectivity index (χ0v) is 45.5. The molecule has 7 aliphatic rings. The summed E-state index contributed by atoms with van der Waals surface area (Å²) in [6, 6.07) is 30.6. The van der Waals surface area contributed by atoms with Crippen molar-refractivity contribution < 1.29 is 4.42 Å². The molecule has 0 unspecified atom stereocenters. The van der Waals surface area contributed by atoms with Gasteiger partial charge in [0.15, 0.2) is 0 Å². The van der Waals surface area contributed by atoms with Gasteiger partial charge in [0.2, 0.25) is 0 Å². The number of anilines is 6. The van der Waals surface area contributed by atoms with Crippen LogP contribution in [0.5, 0.6) is 0 Å². The zero-order valence-electron chi connectivity index (χ0n) is 45.5. The lowest BCUT2D eigenvalue weighted by atomic mass is 9.35. The van der Waals surface area contributed by atoms with Crippen LogP contribution in [0.1, 0.15) is 212 Å². The van der Waals surface area contributed by atoms with Gasteiger partial charge in [0.1, 0.15) is 5.58 Å². The number of rotatable bonds is 2. The summed E-state index contributed by atoms with van der Waals surface area (Å²) in [5.74, 6) is 0. The number of hydrogen-bond acceptors (Lipinski definition) is 3. The van der Waals surface area contributed by atoms with Gasteiger partial charge in [-0.3, -0.25) is 0 Å². The maximum Gasteiger partial charge on any atom is 0.297 e. The maximum absolute atomic E-state index is 7.76. The highest BCUT2D eigenvalue weighted by Crippen LogP contribution is 2.59. The molecule has 6 aromatic rings. The van der Waals surface area contributed by atoms with Crippen molar-refractivity contribution in [2.45, 2.75) is 212 Å². The highest BCUT2D eigenvalue weighted by Gasteiger charge is 2.52. The van der Waals surface area contributed by atoms with Crippen molar-refractivity contribution in [2.75, 3.05) is 9.80 Å². The topological polar surface area (TPSA) is 19.6 Å². The number of furan rings is 1. The first-order valence-corrected chi connectivity index (χ1v) is 26.9. The first-order chi connectivity index (χ1) is 32.0. The third-order valence-electron chi connectivity index (χ3n) is 19.7. The molecule has 1 saturated carbocycles. The van der Waals surface area contributed by atoms with E-state index in [9.17, 15) is 0 Å². The van der Waals surface area contributed by atoms with Gasteiger partial charge in [-0.25, -0.2) is 0 Å². The molecule has 4 heteroatoms. The number of fused-ring (bicyclic) bond motifs is 10. The van der Waals surface area contributed by atoms with Gasteiger partial charge in [-0.1, -0.05) is 129 Å². The fourth-order valence-electron chi connectivity index (χ4n) is 14.5. The van der Waals surface area contributed by atoms with Crippen molar-refractivity contribution in [2.24, 2.45) is 0 Å². The Labute approximate surface area is 415 Å². The van der Waals surface area contributed by atoms with Crippen LogP contribution in [0, 0.1) is 6.92 Å². The second-order valence-corrected chi connectivity index (χ2v) is 28.6. The summed E-state index contributed by atoms with van der Waals surface area (Å²) >= 11 is 0. The van der Waals surface area contributed by atoms with Crippen molar-refractivity contribution in [3.05, 3.63) is 123 Å². The molecule has 0 saturated heterocycles. The molecule has 0 N–H and O–H groups in total. The first kappa shape index (κ1) is 45.4. The highest BCUT2D eigenvalue weighted by molar-refractivity contribution is 7.00. The van der Waals surface area contributed by atoms with Crippen molar-refractivity contribution >= 4 is 68.4 Å². The normalized spacial score (nSPS) is 24.3. The van der Waals surface area contributed by atoms with Gasteiger partial charge < -0.3 is 14.2 Å². The second kappa shape index (κ2) is 13.8. The molecule has 3 nitrogen and oxygen atoms in total. The molecule has 13 rings (SSSR count). The summed E-state index contributed by atoms with van der Waals surface area (Å²) in [5, 5.41) is 1.27. The summed E-state index contributed by atoms with van der Waals surface area (Å²) in [5.41, 5.74) is 26.1. The van der Waals surface area contributed by atoms with E-state index in [0.717, 1.165) is 11.2 Å². The average molecular weight is 915 g/mol. The van der Waals surface area contributed by atoms with Gasteiger partial charge in [0.05, 0.1) is 11.3 Å². The molecule has 358 valence electrons. The Hall–Kier alpha value is -4.70. The Morgan fingerprint density at radius 3 is 1.51 bits per heavy atom. The van der Waals surface area contributed by atoms with E-state index in [-0.39, 0.29) is 50.0 Å². The molecule has 1 fully saturated rings. The van der Waals surface area contributed by atoms with Crippen LogP contribution >= 0.6 is 0 Å². The molecule has 0 amide bonds. The Morgan fingerprint density at radius 2 is 0.957 bits per heavy atom. The molecular formula is C65H79BN2O. The molecule has 0 atom stereocenters. The standard InChI is InChI=1S/C65H79BN2O/c1-38-28-52-55-53(29-38)68(41-18-19-44-45(33-41)61(10,11)21-20-60(44,8)9)56-43-34-48-49(65(17)26-24-64(48,16)25-27-65)37-54(43)69-57(56)66(55)50-35-46-47(63(14,15)23-22-62(46,12)13)36-51(50)67(52)42-31-39(58(2,3)4)30-40(32-42)59(5,6)7/h18-19,28-37H,20-27H2,1-17H3. The zero-order chi connectivity index (χ0) is 49.1. The molecule has 5 aromatic carbocycles. The lowest BCUT2D eigenvalue weighted by molar-refractivity contribution is 0.188. The number of nitrogens with zero attached hydrogens (tertiary/aromatic N) is 2. The van der Waals surface area contributed by atoms with Crippen molar-refractivity contribution in [3.63, 3.8) is 0 Å². The largest absolute Gasteiger partial charge is 0.468 e. The Kier molecular flexibility index (Phi) is 9.11. The van der Waals surface area contributed by atoms with Crippen LogP contribution in [0.3, 0.4) is 0 Å². The van der Waals surface area contributed by atoms with Crippen molar-refractivity contribution in [1.29, 1.82) is 0 Å². The summed E-state index contributed by atoms with van der Waals surface area (Å²) in [6.07, 6.45) is 9.72. The van der Waals surface area contributed by atoms with E-state index in [2.05, 4.69) is 200 Å². The molecule has 1 aromatic heterocycles. The summed E-state index contributed by atoms with van der Waals surface area (Å²) in [4.78, 5) is 5.38. The molecule has 3 heterocycles. The molecule has 5 aliphatic carbocycles. The molecular weight excluding hydrogens is 836 g/mol.